The zero-order chi connectivity index (χ0) is 22.5. The maximum Gasteiger partial charge on any atom is 0.359 e. The molecule has 166 valence electrons. The molecule has 1 aromatic heterocycles. The summed E-state index contributed by atoms with van der Waals surface area (Å²) < 4.78 is 7.37. The summed E-state index contributed by atoms with van der Waals surface area (Å²) in [4.78, 5) is 34.3. The van der Waals surface area contributed by atoms with Crippen LogP contribution in [0.1, 0.15) is 50.8 Å². The molecule has 2 aliphatic rings. The Hall–Kier alpha value is -2.58. The third-order valence-corrected chi connectivity index (χ3v) is 6.00. The van der Waals surface area contributed by atoms with E-state index in [4.69, 9.17) is 16.3 Å². The van der Waals surface area contributed by atoms with Crippen LogP contribution in [0.5, 0.6) is 0 Å². The highest BCUT2D eigenvalue weighted by Gasteiger charge is 2.37. The Balaban J connectivity index is 1.75. The Morgan fingerprint density at radius 2 is 1.97 bits per heavy atom. The lowest BCUT2D eigenvalue weighted by Crippen LogP contribution is -2.60. The molecule has 2 aliphatic heterocycles. The lowest BCUT2D eigenvalue weighted by atomic mass is 10.1. The standard InChI is InChI=1S/C22H28ClN5O3/c1-13-14(2)26(9-8-24-13)21(30)27-11-18-19(20(29)31-22(3,4)5)25-12-28(18)16-7-6-15(23)10-17(16)27/h6-7,10,12-14,24H,8-9,11H2,1-5H3/t13-,14+/m0/s1. The Labute approximate surface area is 187 Å². The van der Waals surface area contributed by atoms with Crippen molar-refractivity contribution in [3.05, 3.63) is 40.9 Å². The van der Waals surface area contributed by atoms with E-state index < -0.39 is 11.6 Å². The van der Waals surface area contributed by atoms with Crippen LogP contribution in [0.4, 0.5) is 10.5 Å². The number of nitrogens with one attached hydrogen (secondary N) is 1. The molecule has 3 heterocycles. The zero-order valence-electron chi connectivity index (χ0n) is 18.5. The van der Waals surface area contributed by atoms with E-state index in [-0.39, 0.29) is 30.4 Å². The number of carbonyl (C=O) groups excluding carboxylic acids is 2. The number of esters is 1. The SMILES string of the molecule is C[C@@H]1NCCN(C(=O)N2Cc3c(C(=O)OC(C)(C)C)ncn3-c3ccc(Cl)cc32)[C@@H]1C. The van der Waals surface area contributed by atoms with Crippen molar-refractivity contribution in [3.63, 3.8) is 0 Å². The molecule has 2 aromatic rings. The molecule has 8 nitrogen and oxygen atoms in total. The Kier molecular flexibility index (Phi) is 5.47. The van der Waals surface area contributed by atoms with E-state index in [1.165, 1.54) is 0 Å². The van der Waals surface area contributed by atoms with Crippen molar-refractivity contribution in [3.8, 4) is 5.69 Å². The van der Waals surface area contributed by atoms with Gasteiger partial charge in [0, 0.05) is 30.2 Å². The van der Waals surface area contributed by atoms with Crippen molar-refractivity contribution in [2.24, 2.45) is 0 Å². The first-order valence-corrected chi connectivity index (χ1v) is 10.9. The minimum Gasteiger partial charge on any atom is -0.455 e. The van der Waals surface area contributed by atoms with Crippen LogP contribution >= 0.6 is 11.6 Å². The number of anilines is 1. The van der Waals surface area contributed by atoms with E-state index in [9.17, 15) is 9.59 Å². The summed E-state index contributed by atoms with van der Waals surface area (Å²) in [5.74, 6) is -0.504. The number of carbonyl (C=O) groups is 2. The fraction of sp³-hybridized carbons (Fsp3) is 0.500. The van der Waals surface area contributed by atoms with Crippen molar-refractivity contribution in [2.75, 3.05) is 18.0 Å². The number of urea groups is 1. The van der Waals surface area contributed by atoms with E-state index in [2.05, 4.69) is 17.2 Å². The highest BCUT2D eigenvalue weighted by Crippen LogP contribution is 2.36. The van der Waals surface area contributed by atoms with Gasteiger partial charge < -0.3 is 15.0 Å². The summed E-state index contributed by atoms with van der Waals surface area (Å²) in [5.41, 5.74) is 1.63. The monoisotopic (exact) mass is 445 g/mol. The van der Waals surface area contributed by atoms with Gasteiger partial charge in [-0.25, -0.2) is 14.6 Å². The summed E-state index contributed by atoms with van der Waals surface area (Å²) >= 11 is 6.28. The molecular formula is C22H28ClN5O3. The van der Waals surface area contributed by atoms with Gasteiger partial charge in [-0.15, -0.1) is 0 Å². The molecule has 0 bridgehead atoms. The maximum absolute atomic E-state index is 13.7. The van der Waals surface area contributed by atoms with Crippen molar-refractivity contribution in [2.45, 2.75) is 58.8 Å². The number of benzene rings is 1. The predicted molar refractivity (Wildman–Crippen MR) is 119 cm³/mol. The lowest BCUT2D eigenvalue weighted by molar-refractivity contribution is 0.00619. The number of rotatable bonds is 1. The molecule has 0 spiro atoms. The van der Waals surface area contributed by atoms with Crippen molar-refractivity contribution in [1.29, 1.82) is 0 Å². The first-order valence-electron chi connectivity index (χ1n) is 10.5. The molecule has 0 radical (unpaired) electrons. The van der Waals surface area contributed by atoms with Crippen LogP contribution in [-0.4, -0.2) is 57.2 Å². The highest BCUT2D eigenvalue weighted by atomic mass is 35.5. The summed E-state index contributed by atoms with van der Waals surface area (Å²) in [6.45, 7) is 11.1. The molecule has 2 amide bonds. The van der Waals surface area contributed by atoms with Crippen molar-refractivity contribution in [1.82, 2.24) is 19.8 Å². The van der Waals surface area contributed by atoms with Crippen molar-refractivity contribution < 1.29 is 14.3 Å². The van der Waals surface area contributed by atoms with Gasteiger partial charge in [0.2, 0.25) is 0 Å². The number of nitrogens with zero attached hydrogens (tertiary/aromatic N) is 4. The molecule has 4 rings (SSSR count). The molecule has 1 aromatic carbocycles. The van der Waals surface area contributed by atoms with Gasteiger partial charge in [-0.2, -0.15) is 0 Å². The van der Waals surface area contributed by atoms with Crippen LogP contribution in [0.15, 0.2) is 24.5 Å². The van der Waals surface area contributed by atoms with Gasteiger partial charge >= 0.3 is 12.0 Å². The molecular weight excluding hydrogens is 418 g/mol. The maximum atomic E-state index is 13.7. The van der Waals surface area contributed by atoms with Gasteiger partial charge in [-0.3, -0.25) is 9.47 Å². The summed E-state index contributed by atoms with van der Waals surface area (Å²) in [5, 5.41) is 3.93. The molecule has 0 unspecified atom stereocenters. The number of hydrogen-bond acceptors (Lipinski definition) is 5. The Morgan fingerprint density at radius 1 is 1.23 bits per heavy atom. The minimum atomic E-state index is -0.643. The fourth-order valence-corrected chi connectivity index (χ4v) is 4.20. The Morgan fingerprint density at radius 3 is 2.68 bits per heavy atom. The van der Waals surface area contributed by atoms with Crippen LogP contribution in [0.25, 0.3) is 5.69 Å². The van der Waals surface area contributed by atoms with Crippen LogP contribution in [0.2, 0.25) is 5.02 Å². The first kappa shape index (κ1) is 21.6. The number of halogens is 1. The molecule has 0 aliphatic carbocycles. The number of hydrogen-bond donors (Lipinski definition) is 1. The number of amides is 2. The number of piperazine rings is 1. The van der Waals surface area contributed by atoms with Crippen LogP contribution < -0.4 is 10.2 Å². The summed E-state index contributed by atoms with van der Waals surface area (Å²) in [6, 6.07) is 5.48. The largest absolute Gasteiger partial charge is 0.455 e. The molecule has 2 atom stereocenters. The van der Waals surface area contributed by atoms with Crippen LogP contribution in [-0.2, 0) is 11.3 Å². The van der Waals surface area contributed by atoms with E-state index in [0.717, 1.165) is 12.2 Å². The number of imidazole rings is 1. The van der Waals surface area contributed by atoms with Gasteiger partial charge in [0.05, 0.1) is 23.6 Å². The van der Waals surface area contributed by atoms with E-state index in [1.807, 2.05) is 43.2 Å². The predicted octanol–water partition coefficient (Wildman–Crippen LogP) is 3.60. The van der Waals surface area contributed by atoms with E-state index >= 15 is 0 Å². The quantitative estimate of drug-likeness (QED) is 0.678. The summed E-state index contributed by atoms with van der Waals surface area (Å²) in [7, 11) is 0. The smallest absolute Gasteiger partial charge is 0.359 e. The number of ether oxygens (including phenoxy) is 1. The fourth-order valence-electron chi connectivity index (χ4n) is 4.03. The van der Waals surface area contributed by atoms with E-state index in [1.54, 1.807) is 23.4 Å². The van der Waals surface area contributed by atoms with Gasteiger partial charge in [0.1, 0.15) is 11.9 Å². The minimum absolute atomic E-state index is 0.0287. The molecule has 9 heteroatoms. The molecule has 31 heavy (non-hydrogen) atoms. The second-order valence-electron chi connectivity index (χ2n) is 9.09. The topological polar surface area (TPSA) is 79.7 Å². The van der Waals surface area contributed by atoms with Crippen LogP contribution in [0.3, 0.4) is 0 Å². The van der Waals surface area contributed by atoms with Gasteiger partial charge in [-0.1, -0.05) is 11.6 Å². The third-order valence-electron chi connectivity index (χ3n) is 5.77. The number of fused-ring (bicyclic) bond motifs is 3. The normalized spacial score (nSPS) is 20.8. The second-order valence-corrected chi connectivity index (χ2v) is 9.53. The number of aromatic nitrogens is 2. The highest BCUT2D eigenvalue weighted by molar-refractivity contribution is 6.31. The van der Waals surface area contributed by atoms with Gasteiger partial charge in [-0.05, 0) is 52.8 Å². The summed E-state index contributed by atoms with van der Waals surface area (Å²) in [6.07, 6.45) is 1.60. The van der Waals surface area contributed by atoms with E-state index in [0.29, 0.717) is 22.9 Å². The van der Waals surface area contributed by atoms with Crippen molar-refractivity contribution >= 4 is 29.3 Å². The second kappa shape index (κ2) is 7.84. The molecule has 1 N–H and O–H groups in total. The molecule has 1 saturated heterocycles. The third kappa shape index (κ3) is 4.02. The first-order chi connectivity index (χ1) is 14.6. The molecule has 0 saturated carbocycles. The lowest BCUT2D eigenvalue weighted by Gasteiger charge is -2.42. The zero-order valence-corrected chi connectivity index (χ0v) is 19.2. The average Bonchev–Trinajstić information content (AvgIpc) is 3.11. The van der Waals surface area contributed by atoms with Crippen LogP contribution in [0, 0.1) is 0 Å². The van der Waals surface area contributed by atoms with Gasteiger partial charge in [0.15, 0.2) is 5.69 Å². The molecule has 1 fully saturated rings. The average molecular weight is 446 g/mol. The van der Waals surface area contributed by atoms with Gasteiger partial charge in [0.25, 0.3) is 0 Å². The Bertz CT molecular complexity index is 1030.